The van der Waals surface area contributed by atoms with Gasteiger partial charge in [0, 0.05) is 10.9 Å². The number of ether oxygens (including phenoxy) is 2. The van der Waals surface area contributed by atoms with Crippen LogP contribution in [0, 0.1) is 0 Å². The Bertz CT molecular complexity index is 1510. The van der Waals surface area contributed by atoms with Gasteiger partial charge in [-0.2, -0.15) is 0 Å². The summed E-state index contributed by atoms with van der Waals surface area (Å²) in [4.78, 5) is 26.6. The van der Waals surface area contributed by atoms with Crippen LogP contribution in [0.25, 0.3) is 27.2 Å². The maximum atomic E-state index is 13.8. The van der Waals surface area contributed by atoms with Gasteiger partial charge < -0.3 is 13.9 Å². The topological polar surface area (TPSA) is 57.0 Å². The van der Waals surface area contributed by atoms with Crippen molar-refractivity contribution in [2.75, 3.05) is 13.7 Å². The van der Waals surface area contributed by atoms with E-state index in [4.69, 9.17) is 9.47 Å². The lowest BCUT2D eigenvalue weighted by Gasteiger charge is -2.10. The van der Waals surface area contributed by atoms with Crippen LogP contribution < -0.4 is 4.74 Å². The van der Waals surface area contributed by atoms with Crippen LogP contribution in [0.1, 0.15) is 33.3 Å². The van der Waals surface area contributed by atoms with Crippen molar-refractivity contribution in [1.29, 1.82) is 0 Å². The van der Waals surface area contributed by atoms with Gasteiger partial charge in [0.25, 0.3) is 0 Å². The van der Waals surface area contributed by atoms with Gasteiger partial charge >= 0.3 is 5.97 Å². The van der Waals surface area contributed by atoms with Crippen LogP contribution in [0.4, 0.5) is 0 Å². The first kappa shape index (κ1) is 19.8. The Kier molecular flexibility index (Phi) is 4.86. The van der Waals surface area contributed by atoms with E-state index in [-0.39, 0.29) is 12.4 Å². The summed E-state index contributed by atoms with van der Waals surface area (Å²) in [5.74, 6) is 0.113. The van der Waals surface area contributed by atoms with Crippen molar-refractivity contribution in [3.05, 3.63) is 95.7 Å². The van der Waals surface area contributed by atoms with E-state index in [0.717, 1.165) is 27.4 Å². The van der Waals surface area contributed by atoms with E-state index in [0.29, 0.717) is 22.3 Å². The number of nitrogens with zero attached hydrogens (tertiary/aromatic N) is 1. The molecule has 32 heavy (non-hydrogen) atoms. The molecule has 0 atom stereocenters. The molecule has 0 saturated carbocycles. The molecule has 0 spiro atoms. The number of esters is 1. The van der Waals surface area contributed by atoms with E-state index in [1.54, 1.807) is 20.1 Å². The second-order valence-corrected chi connectivity index (χ2v) is 7.50. The van der Waals surface area contributed by atoms with Crippen LogP contribution in [-0.4, -0.2) is 29.9 Å². The van der Waals surface area contributed by atoms with Crippen molar-refractivity contribution in [1.82, 2.24) is 4.40 Å². The summed E-state index contributed by atoms with van der Waals surface area (Å²) in [5, 5.41) is 2.75. The number of aromatic nitrogens is 1. The van der Waals surface area contributed by atoms with Gasteiger partial charge in [-0.3, -0.25) is 4.79 Å². The Morgan fingerprint density at radius 3 is 2.41 bits per heavy atom. The molecule has 0 aliphatic carbocycles. The van der Waals surface area contributed by atoms with Gasteiger partial charge in [-0.05, 0) is 48.0 Å². The van der Waals surface area contributed by atoms with Gasteiger partial charge in [0.1, 0.15) is 5.75 Å². The number of benzene rings is 3. The third-order valence-electron chi connectivity index (χ3n) is 5.70. The minimum absolute atomic E-state index is 0.157. The number of pyridine rings is 1. The highest BCUT2D eigenvalue weighted by molar-refractivity contribution is 6.18. The SMILES string of the molecule is CCOC(=O)c1cc(C(=O)c2cccc3ccccc23)n2c1ccc1cc(OC)ccc12. The minimum Gasteiger partial charge on any atom is -0.497 e. The number of fused-ring (bicyclic) bond motifs is 4. The van der Waals surface area contributed by atoms with Crippen molar-refractivity contribution in [3.63, 3.8) is 0 Å². The molecule has 0 bridgehead atoms. The largest absolute Gasteiger partial charge is 0.497 e. The molecule has 0 saturated heterocycles. The van der Waals surface area contributed by atoms with Crippen molar-refractivity contribution < 1.29 is 19.1 Å². The van der Waals surface area contributed by atoms with Gasteiger partial charge in [0.15, 0.2) is 0 Å². The van der Waals surface area contributed by atoms with E-state index in [1.165, 1.54) is 0 Å². The number of hydrogen-bond donors (Lipinski definition) is 0. The number of carbonyl (C=O) groups excluding carboxylic acids is 2. The standard InChI is InChI=1S/C27H21NO4/c1-3-32-27(30)22-16-25(26(29)21-10-6-8-17-7-4-5-9-20(17)21)28-23-14-12-19(31-2)15-18(23)11-13-24(22)28/h4-16H,3H2,1-2H3. The van der Waals surface area contributed by atoms with Crippen molar-refractivity contribution in [2.24, 2.45) is 0 Å². The van der Waals surface area contributed by atoms with Gasteiger partial charge in [-0.25, -0.2) is 4.79 Å². The van der Waals surface area contributed by atoms with Crippen LogP contribution in [0.2, 0.25) is 0 Å². The molecule has 5 aromatic rings. The predicted octanol–water partition coefficient (Wildman–Crippen LogP) is 5.66. The van der Waals surface area contributed by atoms with Gasteiger partial charge in [-0.1, -0.05) is 48.5 Å². The van der Waals surface area contributed by atoms with Crippen molar-refractivity contribution in [2.45, 2.75) is 6.92 Å². The molecule has 0 radical (unpaired) electrons. The molecule has 2 aromatic heterocycles. The highest BCUT2D eigenvalue weighted by Crippen LogP contribution is 2.30. The van der Waals surface area contributed by atoms with Crippen molar-refractivity contribution in [3.8, 4) is 5.75 Å². The number of carbonyl (C=O) groups is 2. The number of hydrogen-bond acceptors (Lipinski definition) is 4. The minimum atomic E-state index is -0.449. The van der Waals surface area contributed by atoms with E-state index in [2.05, 4.69) is 0 Å². The molecule has 5 heteroatoms. The highest BCUT2D eigenvalue weighted by Gasteiger charge is 2.23. The molecular weight excluding hydrogens is 402 g/mol. The van der Waals surface area contributed by atoms with Gasteiger partial charge in [0.2, 0.25) is 5.78 Å². The molecule has 0 unspecified atom stereocenters. The summed E-state index contributed by atoms with van der Waals surface area (Å²) >= 11 is 0. The molecule has 0 aliphatic rings. The molecular formula is C27H21NO4. The van der Waals surface area contributed by atoms with Crippen LogP contribution in [0.15, 0.2) is 78.9 Å². The first-order chi connectivity index (χ1) is 15.6. The highest BCUT2D eigenvalue weighted by atomic mass is 16.5. The zero-order valence-corrected chi connectivity index (χ0v) is 17.8. The van der Waals surface area contributed by atoms with Crippen LogP contribution in [-0.2, 0) is 4.74 Å². The zero-order chi connectivity index (χ0) is 22.2. The normalized spacial score (nSPS) is 11.2. The Morgan fingerprint density at radius 2 is 1.59 bits per heavy atom. The van der Waals surface area contributed by atoms with E-state index >= 15 is 0 Å². The summed E-state index contributed by atoms with van der Waals surface area (Å²) in [7, 11) is 1.61. The lowest BCUT2D eigenvalue weighted by Crippen LogP contribution is -2.06. The van der Waals surface area contributed by atoms with Crippen molar-refractivity contribution >= 4 is 38.9 Å². The molecule has 0 fully saturated rings. The third kappa shape index (κ3) is 3.10. The average Bonchev–Trinajstić information content (AvgIpc) is 3.23. The first-order valence-corrected chi connectivity index (χ1v) is 10.4. The van der Waals surface area contributed by atoms with E-state index in [9.17, 15) is 9.59 Å². The first-order valence-electron chi connectivity index (χ1n) is 10.4. The quantitative estimate of drug-likeness (QED) is 0.270. The lowest BCUT2D eigenvalue weighted by atomic mass is 10.00. The number of ketones is 1. The van der Waals surface area contributed by atoms with E-state index < -0.39 is 5.97 Å². The molecule has 5 rings (SSSR count). The summed E-state index contributed by atoms with van der Waals surface area (Å²) in [6.45, 7) is 2.02. The fourth-order valence-corrected chi connectivity index (χ4v) is 4.22. The Labute approximate surface area is 184 Å². The van der Waals surface area contributed by atoms with Crippen LogP contribution in [0.5, 0.6) is 5.75 Å². The number of rotatable bonds is 5. The molecule has 2 heterocycles. The summed E-state index contributed by atoms with van der Waals surface area (Å²) in [6, 6.07) is 24.5. The predicted molar refractivity (Wildman–Crippen MR) is 125 cm³/mol. The fraction of sp³-hybridized carbons (Fsp3) is 0.111. The molecule has 0 aliphatic heterocycles. The second-order valence-electron chi connectivity index (χ2n) is 7.50. The Balaban J connectivity index is 1.81. The maximum absolute atomic E-state index is 13.8. The van der Waals surface area contributed by atoms with E-state index in [1.807, 2.05) is 77.2 Å². The molecule has 158 valence electrons. The van der Waals surface area contributed by atoms with Gasteiger partial charge in [0.05, 0.1) is 36.0 Å². The molecule has 3 aromatic carbocycles. The van der Waals surface area contributed by atoms with Crippen LogP contribution in [0.3, 0.4) is 0 Å². The van der Waals surface area contributed by atoms with Gasteiger partial charge in [-0.15, -0.1) is 0 Å². The summed E-state index contributed by atoms with van der Waals surface area (Å²) in [5.41, 5.74) is 2.80. The Morgan fingerprint density at radius 1 is 0.812 bits per heavy atom. The molecule has 0 amide bonds. The monoisotopic (exact) mass is 423 g/mol. The lowest BCUT2D eigenvalue weighted by molar-refractivity contribution is 0.0529. The smallest absolute Gasteiger partial charge is 0.340 e. The molecule has 5 nitrogen and oxygen atoms in total. The molecule has 0 N–H and O–H groups in total. The maximum Gasteiger partial charge on any atom is 0.340 e. The Hall–Kier alpha value is -4.12. The summed E-state index contributed by atoms with van der Waals surface area (Å²) in [6.07, 6.45) is 0. The summed E-state index contributed by atoms with van der Waals surface area (Å²) < 4.78 is 12.5. The fourth-order valence-electron chi connectivity index (χ4n) is 4.22. The number of methoxy groups -OCH3 is 1. The third-order valence-corrected chi connectivity index (χ3v) is 5.70. The average molecular weight is 423 g/mol. The second kappa shape index (κ2) is 7.85. The zero-order valence-electron chi connectivity index (χ0n) is 17.8. The van der Waals surface area contributed by atoms with Crippen LogP contribution >= 0.6 is 0 Å².